The first-order valence-corrected chi connectivity index (χ1v) is 7.87. The third-order valence-corrected chi connectivity index (χ3v) is 4.85. The summed E-state index contributed by atoms with van der Waals surface area (Å²) in [6.07, 6.45) is 2.77. The van der Waals surface area contributed by atoms with Crippen LogP contribution in [-0.2, 0) is 4.79 Å². The second-order valence-corrected chi connectivity index (χ2v) is 6.51. The van der Waals surface area contributed by atoms with Crippen molar-refractivity contribution >= 4 is 5.78 Å². The van der Waals surface area contributed by atoms with E-state index in [1.807, 2.05) is 37.3 Å². The number of rotatable bonds is 1. The minimum absolute atomic E-state index is 0.251. The molecule has 2 aromatic rings. The molecule has 0 spiro atoms. The van der Waals surface area contributed by atoms with Crippen LogP contribution in [-0.4, -0.2) is 21.1 Å². The predicted octanol–water partition coefficient (Wildman–Crippen LogP) is 3.54. The monoisotopic (exact) mass is 336 g/mol. The fourth-order valence-corrected chi connectivity index (χ4v) is 3.64. The molecule has 126 valence electrons. The molecule has 0 bridgehead atoms. The zero-order chi connectivity index (χ0) is 17.8. The Morgan fingerprint density at radius 3 is 2.44 bits per heavy atom. The molecule has 2 unspecified atom stereocenters. The lowest BCUT2D eigenvalue weighted by molar-refractivity contribution is -0.114. The van der Waals surface area contributed by atoms with E-state index in [2.05, 4.69) is 0 Å². The molecule has 25 heavy (non-hydrogen) atoms. The van der Waals surface area contributed by atoms with Crippen LogP contribution < -0.4 is 4.74 Å². The van der Waals surface area contributed by atoms with E-state index in [1.165, 1.54) is 24.3 Å². The molecule has 1 aliphatic heterocycles. The van der Waals surface area contributed by atoms with Gasteiger partial charge in [0.15, 0.2) is 17.3 Å². The zero-order valence-electron chi connectivity index (χ0n) is 13.4. The maximum Gasteiger partial charge on any atom is 0.223 e. The second kappa shape index (κ2) is 5.14. The molecule has 5 nitrogen and oxygen atoms in total. The molecule has 0 saturated heterocycles. The van der Waals surface area contributed by atoms with Crippen LogP contribution in [0.5, 0.6) is 17.2 Å². The van der Waals surface area contributed by atoms with Crippen LogP contribution in [0.25, 0.3) is 0 Å². The number of phenols is 2. The number of fused-ring (bicyclic) bond motifs is 2. The van der Waals surface area contributed by atoms with Gasteiger partial charge in [0.1, 0.15) is 11.5 Å². The largest absolute Gasteiger partial charge is 0.504 e. The summed E-state index contributed by atoms with van der Waals surface area (Å²) in [4.78, 5) is 11.9. The number of aromatic hydroxyl groups is 2. The Hall–Kier alpha value is -3.21. The van der Waals surface area contributed by atoms with E-state index in [-0.39, 0.29) is 23.2 Å². The maximum absolute atomic E-state index is 11.9. The van der Waals surface area contributed by atoms with Gasteiger partial charge in [0, 0.05) is 23.6 Å². The standard InChI is InChI=1S/C20H16O5/c1-20-10-16(24)15(23)9-18(20)25-17-8-14(22)13(21)7-12(17)19(20)11-5-3-2-4-6-11/h2-10,19,21-22,24H,1H3. The van der Waals surface area contributed by atoms with E-state index in [4.69, 9.17) is 4.74 Å². The van der Waals surface area contributed by atoms with Crippen LogP contribution in [0.15, 0.2) is 66.1 Å². The third-order valence-electron chi connectivity index (χ3n) is 4.85. The highest BCUT2D eigenvalue weighted by Gasteiger charge is 2.47. The van der Waals surface area contributed by atoms with Gasteiger partial charge in [-0.1, -0.05) is 30.3 Å². The summed E-state index contributed by atoms with van der Waals surface area (Å²) in [5, 5.41) is 29.8. The summed E-state index contributed by atoms with van der Waals surface area (Å²) in [6.45, 7) is 1.87. The number of aliphatic hydroxyl groups is 1. The van der Waals surface area contributed by atoms with E-state index < -0.39 is 11.2 Å². The van der Waals surface area contributed by atoms with Crippen molar-refractivity contribution in [2.24, 2.45) is 5.41 Å². The van der Waals surface area contributed by atoms with Crippen LogP contribution in [0, 0.1) is 5.41 Å². The Kier molecular flexibility index (Phi) is 3.15. The molecule has 0 radical (unpaired) electrons. The highest BCUT2D eigenvalue weighted by atomic mass is 16.5. The van der Waals surface area contributed by atoms with Crippen LogP contribution in [0.1, 0.15) is 24.0 Å². The Labute approximate surface area is 144 Å². The average molecular weight is 336 g/mol. The first-order chi connectivity index (χ1) is 11.9. The van der Waals surface area contributed by atoms with E-state index in [1.54, 1.807) is 0 Å². The van der Waals surface area contributed by atoms with Crippen molar-refractivity contribution in [1.82, 2.24) is 0 Å². The molecular weight excluding hydrogens is 320 g/mol. The molecule has 2 aromatic carbocycles. The quantitative estimate of drug-likeness (QED) is 0.694. The number of aliphatic hydroxyl groups excluding tert-OH is 1. The van der Waals surface area contributed by atoms with Gasteiger partial charge in [-0.25, -0.2) is 0 Å². The van der Waals surface area contributed by atoms with Gasteiger partial charge >= 0.3 is 0 Å². The van der Waals surface area contributed by atoms with Gasteiger partial charge in [0.25, 0.3) is 0 Å². The highest BCUT2D eigenvalue weighted by molar-refractivity contribution is 6.04. The molecule has 1 aliphatic carbocycles. The second-order valence-electron chi connectivity index (χ2n) is 6.51. The Balaban J connectivity index is 2.02. The fourth-order valence-electron chi connectivity index (χ4n) is 3.64. The van der Waals surface area contributed by atoms with Crippen molar-refractivity contribution in [2.75, 3.05) is 0 Å². The minimum atomic E-state index is -0.810. The number of carbonyl (C=O) groups excluding carboxylic acids is 1. The lowest BCUT2D eigenvalue weighted by Gasteiger charge is -2.43. The van der Waals surface area contributed by atoms with Crippen LogP contribution in [0.4, 0.5) is 0 Å². The van der Waals surface area contributed by atoms with Gasteiger partial charge in [-0.05, 0) is 24.6 Å². The van der Waals surface area contributed by atoms with Gasteiger partial charge in [0.05, 0.1) is 5.41 Å². The molecule has 3 N–H and O–H groups in total. The topological polar surface area (TPSA) is 87.0 Å². The van der Waals surface area contributed by atoms with Gasteiger partial charge < -0.3 is 20.1 Å². The van der Waals surface area contributed by atoms with Gasteiger partial charge in [-0.3, -0.25) is 4.79 Å². The number of hydrogen-bond acceptors (Lipinski definition) is 5. The number of ketones is 1. The first kappa shape index (κ1) is 15.3. The first-order valence-electron chi connectivity index (χ1n) is 7.87. The van der Waals surface area contributed by atoms with Gasteiger partial charge in [-0.2, -0.15) is 0 Å². The molecule has 0 amide bonds. The molecule has 4 rings (SSSR count). The maximum atomic E-state index is 11.9. The number of allylic oxidation sites excluding steroid dienone is 2. The molecule has 2 atom stereocenters. The molecule has 0 fully saturated rings. The predicted molar refractivity (Wildman–Crippen MR) is 90.6 cm³/mol. The molecule has 1 heterocycles. The number of phenolic OH excluding ortho intramolecular Hbond substituents is 2. The smallest absolute Gasteiger partial charge is 0.223 e. The summed E-state index contributed by atoms with van der Waals surface area (Å²) < 4.78 is 5.86. The molecular formula is C20H16O5. The lowest BCUT2D eigenvalue weighted by atomic mass is 9.65. The van der Waals surface area contributed by atoms with Crippen molar-refractivity contribution in [3.63, 3.8) is 0 Å². The number of ether oxygens (including phenoxy) is 1. The van der Waals surface area contributed by atoms with Crippen LogP contribution in [0.3, 0.4) is 0 Å². The third kappa shape index (κ3) is 2.20. The van der Waals surface area contributed by atoms with Crippen molar-refractivity contribution in [3.8, 4) is 17.2 Å². The summed E-state index contributed by atoms with van der Waals surface area (Å²) in [5.74, 6) is -0.953. The summed E-state index contributed by atoms with van der Waals surface area (Å²) in [7, 11) is 0. The van der Waals surface area contributed by atoms with Gasteiger partial charge in [0.2, 0.25) is 5.78 Å². The van der Waals surface area contributed by atoms with E-state index >= 15 is 0 Å². The minimum Gasteiger partial charge on any atom is -0.504 e. The van der Waals surface area contributed by atoms with Gasteiger partial charge in [-0.15, -0.1) is 0 Å². The number of hydrogen-bond donors (Lipinski definition) is 3. The summed E-state index contributed by atoms with van der Waals surface area (Å²) >= 11 is 0. The van der Waals surface area contributed by atoms with Crippen molar-refractivity contribution in [3.05, 3.63) is 77.3 Å². The Morgan fingerprint density at radius 1 is 1.04 bits per heavy atom. The van der Waals surface area contributed by atoms with Crippen LogP contribution >= 0.6 is 0 Å². The Bertz CT molecular complexity index is 942. The molecule has 5 heteroatoms. The molecule has 2 aliphatic rings. The average Bonchev–Trinajstić information content (AvgIpc) is 2.57. The van der Waals surface area contributed by atoms with Crippen molar-refractivity contribution in [2.45, 2.75) is 12.8 Å². The van der Waals surface area contributed by atoms with Crippen LogP contribution in [0.2, 0.25) is 0 Å². The lowest BCUT2D eigenvalue weighted by Crippen LogP contribution is -2.37. The highest BCUT2D eigenvalue weighted by Crippen LogP contribution is 2.56. The zero-order valence-corrected chi connectivity index (χ0v) is 13.4. The summed E-state index contributed by atoms with van der Waals surface area (Å²) in [6, 6.07) is 12.4. The SMILES string of the molecule is CC12C=C(O)C(=O)C=C1Oc1cc(O)c(O)cc1C2c1ccccc1. The normalized spacial score (nSPS) is 24.5. The molecule has 0 aromatic heterocycles. The van der Waals surface area contributed by atoms with Crippen molar-refractivity contribution in [1.29, 1.82) is 0 Å². The summed E-state index contributed by atoms with van der Waals surface area (Å²) in [5.41, 5.74) is 0.791. The van der Waals surface area contributed by atoms with Crippen molar-refractivity contribution < 1.29 is 24.9 Å². The number of carbonyl (C=O) groups is 1. The number of benzene rings is 2. The fraction of sp³-hybridized carbons (Fsp3) is 0.150. The molecule has 0 saturated carbocycles. The van der Waals surface area contributed by atoms with E-state index in [0.717, 1.165) is 5.56 Å². The Morgan fingerprint density at radius 2 is 1.72 bits per heavy atom. The van der Waals surface area contributed by atoms with E-state index in [9.17, 15) is 20.1 Å². The van der Waals surface area contributed by atoms with E-state index in [0.29, 0.717) is 17.1 Å².